The van der Waals surface area contributed by atoms with Gasteiger partial charge in [-0.05, 0) is 32.6 Å². The van der Waals surface area contributed by atoms with Crippen molar-refractivity contribution in [1.82, 2.24) is 0 Å². The van der Waals surface area contributed by atoms with E-state index < -0.39 is 23.8 Å². The molecule has 2 unspecified atom stereocenters. The van der Waals surface area contributed by atoms with E-state index in [4.69, 9.17) is 10.8 Å². The van der Waals surface area contributed by atoms with Crippen LogP contribution in [0.3, 0.4) is 0 Å². The first-order valence-corrected chi connectivity index (χ1v) is 7.44. The number of hydrogen-bond acceptors (Lipinski definition) is 4. The van der Waals surface area contributed by atoms with Gasteiger partial charge in [-0.2, -0.15) is 0 Å². The van der Waals surface area contributed by atoms with Crippen molar-refractivity contribution in [2.75, 3.05) is 0 Å². The highest BCUT2D eigenvalue weighted by atomic mass is 16.6. The Morgan fingerprint density at radius 1 is 1.19 bits per heavy atom. The monoisotopic (exact) mass is 303 g/mol. The highest BCUT2D eigenvalue weighted by molar-refractivity contribution is 5.72. The number of carboxylic acid groups (broad SMARTS) is 1. The van der Waals surface area contributed by atoms with Gasteiger partial charge in [-0.1, -0.05) is 39.0 Å². The molecule has 1 amide bonds. The number of hydrogen-bond donors (Lipinski definition) is 3. The zero-order valence-corrected chi connectivity index (χ0v) is 13.5. The van der Waals surface area contributed by atoms with E-state index in [0.717, 1.165) is 12.8 Å². The SMILES string of the molecule is CC(C)(C)OC(N)=O.CC(C1CCCCC1)C(O)C(=O)O. The van der Waals surface area contributed by atoms with Crippen LogP contribution in [0.15, 0.2) is 0 Å². The molecule has 0 bridgehead atoms. The Balaban J connectivity index is 0.000000433. The van der Waals surface area contributed by atoms with Gasteiger partial charge in [0, 0.05) is 0 Å². The van der Waals surface area contributed by atoms with Crippen LogP contribution in [0.5, 0.6) is 0 Å². The first-order valence-electron chi connectivity index (χ1n) is 7.44. The van der Waals surface area contributed by atoms with Gasteiger partial charge in [0.25, 0.3) is 0 Å². The molecule has 0 heterocycles. The summed E-state index contributed by atoms with van der Waals surface area (Å²) in [6.07, 6.45) is 3.87. The van der Waals surface area contributed by atoms with Crippen molar-refractivity contribution in [2.24, 2.45) is 17.6 Å². The minimum absolute atomic E-state index is 0.0993. The molecule has 0 aromatic carbocycles. The van der Waals surface area contributed by atoms with Crippen molar-refractivity contribution in [2.45, 2.75) is 71.5 Å². The van der Waals surface area contributed by atoms with E-state index >= 15 is 0 Å². The summed E-state index contributed by atoms with van der Waals surface area (Å²) in [5.41, 5.74) is 4.26. The molecule has 0 aliphatic heterocycles. The van der Waals surface area contributed by atoms with E-state index in [0.29, 0.717) is 5.92 Å². The van der Waals surface area contributed by atoms with Crippen molar-refractivity contribution in [3.63, 3.8) is 0 Å². The molecule has 0 spiro atoms. The topological polar surface area (TPSA) is 110 Å². The molecule has 21 heavy (non-hydrogen) atoms. The number of carbonyl (C=O) groups is 2. The lowest BCUT2D eigenvalue weighted by Gasteiger charge is -2.29. The lowest BCUT2D eigenvalue weighted by atomic mass is 9.78. The normalized spacial score (nSPS) is 18.9. The van der Waals surface area contributed by atoms with Crippen LogP contribution in [0.4, 0.5) is 4.79 Å². The lowest BCUT2D eigenvalue weighted by molar-refractivity contribution is -0.150. The van der Waals surface area contributed by atoms with E-state index in [9.17, 15) is 14.7 Å². The van der Waals surface area contributed by atoms with Crippen molar-refractivity contribution < 1.29 is 24.5 Å². The number of primary amides is 1. The Morgan fingerprint density at radius 3 is 1.95 bits per heavy atom. The Labute approximate surface area is 126 Å². The minimum Gasteiger partial charge on any atom is -0.479 e. The number of rotatable bonds is 3. The highest BCUT2D eigenvalue weighted by Crippen LogP contribution is 2.31. The van der Waals surface area contributed by atoms with Crippen molar-refractivity contribution in [3.8, 4) is 0 Å². The molecule has 124 valence electrons. The molecule has 0 aromatic heterocycles. The van der Waals surface area contributed by atoms with E-state index in [2.05, 4.69) is 4.74 Å². The van der Waals surface area contributed by atoms with Gasteiger partial charge in [0.2, 0.25) is 0 Å². The molecule has 1 aliphatic carbocycles. The summed E-state index contributed by atoms with van der Waals surface area (Å²) >= 11 is 0. The summed E-state index contributed by atoms with van der Waals surface area (Å²) in [4.78, 5) is 20.5. The van der Waals surface area contributed by atoms with Crippen LogP contribution in [0.25, 0.3) is 0 Å². The molecular formula is C15H29NO5. The fourth-order valence-corrected chi connectivity index (χ4v) is 2.44. The second-order valence-corrected chi connectivity index (χ2v) is 6.57. The second-order valence-electron chi connectivity index (χ2n) is 6.57. The fraction of sp³-hybridized carbons (Fsp3) is 0.867. The molecule has 0 aromatic rings. The van der Waals surface area contributed by atoms with Gasteiger partial charge in [0.05, 0.1) is 0 Å². The largest absolute Gasteiger partial charge is 0.479 e. The molecule has 6 nitrogen and oxygen atoms in total. The predicted molar refractivity (Wildman–Crippen MR) is 79.8 cm³/mol. The Hall–Kier alpha value is -1.30. The van der Waals surface area contributed by atoms with Gasteiger partial charge >= 0.3 is 12.1 Å². The molecule has 1 rings (SSSR count). The maximum Gasteiger partial charge on any atom is 0.405 e. The summed E-state index contributed by atoms with van der Waals surface area (Å²) in [5, 5.41) is 18.0. The fourth-order valence-electron chi connectivity index (χ4n) is 2.44. The van der Waals surface area contributed by atoms with Crippen LogP contribution in [-0.4, -0.2) is 34.0 Å². The molecule has 0 radical (unpaired) electrons. The van der Waals surface area contributed by atoms with E-state index in [1.807, 2.05) is 6.92 Å². The molecular weight excluding hydrogens is 274 g/mol. The van der Waals surface area contributed by atoms with E-state index in [-0.39, 0.29) is 5.92 Å². The molecule has 4 N–H and O–H groups in total. The smallest absolute Gasteiger partial charge is 0.405 e. The number of nitrogens with two attached hydrogens (primary N) is 1. The van der Waals surface area contributed by atoms with Crippen molar-refractivity contribution in [1.29, 1.82) is 0 Å². The van der Waals surface area contributed by atoms with Crippen LogP contribution in [0.1, 0.15) is 59.8 Å². The summed E-state index contributed by atoms with van der Waals surface area (Å²) < 4.78 is 4.58. The van der Waals surface area contributed by atoms with Crippen molar-refractivity contribution >= 4 is 12.1 Å². The summed E-state index contributed by atoms with van der Waals surface area (Å²) in [7, 11) is 0. The van der Waals surface area contributed by atoms with Gasteiger partial charge in [-0.25, -0.2) is 9.59 Å². The lowest BCUT2D eigenvalue weighted by Crippen LogP contribution is -2.33. The quantitative estimate of drug-likeness (QED) is 0.742. The Kier molecular flexibility index (Phi) is 8.32. The van der Waals surface area contributed by atoms with Gasteiger partial charge in [0.15, 0.2) is 6.10 Å². The Bertz CT molecular complexity index is 331. The zero-order valence-electron chi connectivity index (χ0n) is 13.5. The van der Waals surface area contributed by atoms with E-state index in [1.165, 1.54) is 19.3 Å². The summed E-state index contributed by atoms with van der Waals surface area (Å²) in [5.74, 6) is -0.782. The van der Waals surface area contributed by atoms with Gasteiger partial charge in [-0.15, -0.1) is 0 Å². The van der Waals surface area contributed by atoms with Crippen LogP contribution >= 0.6 is 0 Å². The number of ether oxygens (including phenoxy) is 1. The molecule has 0 saturated heterocycles. The third-order valence-electron chi connectivity index (χ3n) is 3.55. The van der Waals surface area contributed by atoms with Gasteiger partial charge in [-0.3, -0.25) is 0 Å². The number of amides is 1. The number of aliphatic hydroxyl groups is 1. The third kappa shape index (κ3) is 9.28. The molecule has 6 heteroatoms. The van der Waals surface area contributed by atoms with Crippen molar-refractivity contribution in [3.05, 3.63) is 0 Å². The minimum atomic E-state index is -1.18. The van der Waals surface area contributed by atoms with Crippen LogP contribution in [0.2, 0.25) is 0 Å². The number of aliphatic hydroxyl groups excluding tert-OH is 1. The number of aliphatic carboxylic acids is 1. The second kappa shape index (κ2) is 8.87. The molecule has 1 aliphatic rings. The maximum atomic E-state index is 10.5. The summed E-state index contributed by atoms with van der Waals surface area (Å²) in [6, 6.07) is 0. The highest BCUT2D eigenvalue weighted by Gasteiger charge is 2.29. The predicted octanol–water partition coefficient (Wildman–Crippen LogP) is 2.53. The molecule has 1 saturated carbocycles. The number of carboxylic acids is 1. The van der Waals surface area contributed by atoms with Gasteiger partial charge < -0.3 is 20.7 Å². The van der Waals surface area contributed by atoms with Crippen LogP contribution in [-0.2, 0) is 9.53 Å². The summed E-state index contributed by atoms with van der Waals surface area (Å²) in [6.45, 7) is 7.13. The standard InChI is InChI=1S/C10H18O3.C5H11NO2/c1-7(9(11)10(12)13)8-5-3-2-4-6-8;1-5(2,3)8-4(6)7/h7-9,11H,2-6H2,1H3,(H,12,13);1-3H3,(H2,6,7). The van der Waals surface area contributed by atoms with E-state index in [1.54, 1.807) is 20.8 Å². The average Bonchev–Trinajstić information content (AvgIpc) is 2.35. The van der Waals surface area contributed by atoms with Gasteiger partial charge in [0.1, 0.15) is 5.60 Å². The average molecular weight is 303 g/mol. The third-order valence-corrected chi connectivity index (χ3v) is 3.55. The number of carbonyl (C=O) groups excluding carboxylic acids is 1. The van der Waals surface area contributed by atoms with Crippen LogP contribution in [0, 0.1) is 11.8 Å². The molecule has 1 fully saturated rings. The zero-order chi connectivity index (χ0) is 16.6. The first kappa shape index (κ1) is 19.7. The van der Waals surface area contributed by atoms with Crippen LogP contribution < -0.4 is 5.73 Å². The maximum absolute atomic E-state index is 10.5. The Morgan fingerprint density at radius 2 is 1.67 bits per heavy atom. The first-order chi connectivity index (χ1) is 9.54. The molecule has 2 atom stereocenters.